The summed E-state index contributed by atoms with van der Waals surface area (Å²) in [6.45, 7) is 7.84. The summed E-state index contributed by atoms with van der Waals surface area (Å²) in [4.78, 5) is 6.77. The molecule has 9 rings (SSSR count). The maximum atomic E-state index is 4.59. The van der Waals surface area contributed by atoms with Crippen LogP contribution in [0.15, 0.2) is 158 Å². The summed E-state index contributed by atoms with van der Waals surface area (Å²) < 4.78 is 0. The maximum Gasteiger partial charge on any atom is 0.0701 e. The van der Waals surface area contributed by atoms with Gasteiger partial charge in [0.15, 0.2) is 0 Å². The summed E-state index contributed by atoms with van der Waals surface area (Å²) in [5.74, 6) is 0. The van der Waals surface area contributed by atoms with Gasteiger partial charge in [-0.1, -0.05) is 142 Å². The van der Waals surface area contributed by atoms with Crippen molar-refractivity contribution in [2.24, 2.45) is 0 Å². The highest BCUT2D eigenvalue weighted by Gasteiger charge is 2.20. The van der Waals surface area contributed by atoms with E-state index in [0.29, 0.717) is 0 Å². The number of hydrogen-bond donors (Lipinski definition) is 0. The van der Waals surface area contributed by atoms with E-state index in [-0.39, 0.29) is 5.41 Å². The Morgan fingerprint density at radius 1 is 0.549 bits per heavy atom. The number of hydrogen-bond acceptors (Lipinski definition) is 2. The Hall–Kier alpha value is -5.99. The van der Waals surface area contributed by atoms with E-state index in [1.54, 1.807) is 0 Å². The van der Waals surface area contributed by atoms with Crippen LogP contribution in [0.1, 0.15) is 31.9 Å². The first-order valence-corrected chi connectivity index (χ1v) is 17.9. The van der Waals surface area contributed by atoms with Crippen LogP contribution in [-0.2, 0) is 5.41 Å². The van der Waals surface area contributed by atoms with Gasteiger partial charge in [0.2, 0.25) is 0 Å². The van der Waals surface area contributed by atoms with E-state index in [1.807, 2.05) is 18.3 Å². The minimum Gasteiger partial charge on any atom is -0.377 e. The van der Waals surface area contributed by atoms with Crippen molar-refractivity contribution in [2.75, 3.05) is 13.6 Å². The molecule has 1 aromatic heterocycles. The van der Waals surface area contributed by atoms with Crippen molar-refractivity contribution < 1.29 is 0 Å². The van der Waals surface area contributed by atoms with Crippen LogP contribution in [0.5, 0.6) is 0 Å². The van der Waals surface area contributed by atoms with E-state index in [4.69, 9.17) is 0 Å². The molecular weight excluding hydrogens is 617 g/mol. The van der Waals surface area contributed by atoms with E-state index in [9.17, 15) is 0 Å². The standard InChI is InChI=1S/C49H40N2/c1-49(2,3)41-29-39-20-22-42-44(36-14-12-33(13-15-36)32-8-10-34(11-9-32)35-24-27-51(4)28-25-35)31-45(43-23-21-40(30-41)47(39)48(42)43)37-16-18-38(19-17-37)46-7-5-6-26-50-46/h5-27,29-31H,28H2,1-4H3. The van der Waals surface area contributed by atoms with Crippen molar-refractivity contribution in [2.45, 2.75) is 26.2 Å². The van der Waals surface area contributed by atoms with E-state index >= 15 is 0 Å². The van der Waals surface area contributed by atoms with Crippen LogP contribution in [0.25, 0.3) is 82.5 Å². The third-order valence-corrected chi connectivity index (χ3v) is 10.6. The van der Waals surface area contributed by atoms with Crippen LogP contribution < -0.4 is 0 Å². The Morgan fingerprint density at radius 3 is 1.61 bits per heavy atom. The number of aromatic nitrogens is 1. The SMILES string of the molecule is CN1C=CC(c2ccc(-c3ccc(-c4cc(-c5ccc(-c6ccccn6)cc5)c5ccc6cc(C(C)(C)C)cc7ccc4c5c76)cc3)cc2)=CC1. The Morgan fingerprint density at radius 2 is 1.10 bits per heavy atom. The average molecular weight is 657 g/mol. The van der Waals surface area contributed by atoms with Crippen LogP contribution in [-0.4, -0.2) is 23.5 Å². The molecule has 2 heteroatoms. The molecule has 51 heavy (non-hydrogen) atoms. The van der Waals surface area contributed by atoms with Gasteiger partial charge in [-0.15, -0.1) is 0 Å². The van der Waals surface area contributed by atoms with Gasteiger partial charge < -0.3 is 4.90 Å². The third kappa shape index (κ3) is 5.58. The van der Waals surface area contributed by atoms with Crippen LogP contribution in [0, 0.1) is 0 Å². The molecule has 0 amide bonds. The van der Waals surface area contributed by atoms with Crippen LogP contribution >= 0.6 is 0 Å². The molecule has 2 nitrogen and oxygen atoms in total. The quantitative estimate of drug-likeness (QED) is 0.171. The summed E-state index contributed by atoms with van der Waals surface area (Å²) >= 11 is 0. The second kappa shape index (κ2) is 12.1. The smallest absolute Gasteiger partial charge is 0.0701 e. The molecule has 0 spiro atoms. The molecule has 0 unspecified atom stereocenters. The summed E-state index contributed by atoms with van der Waals surface area (Å²) in [7, 11) is 2.10. The Balaban J connectivity index is 1.18. The van der Waals surface area contributed by atoms with E-state index in [2.05, 4.69) is 177 Å². The van der Waals surface area contributed by atoms with E-state index in [1.165, 1.54) is 82.4 Å². The Bertz CT molecular complexity index is 2580. The molecule has 8 aromatic rings. The van der Waals surface area contributed by atoms with Crippen molar-refractivity contribution in [1.29, 1.82) is 0 Å². The zero-order valence-corrected chi connectivity index (χ0v) is 29.6. The molecule has 0 atom stereocenters. The second-order valence-electron chi connectivity index (χ2n) is 15.0. The number of rotatable bonds is 5. The van der Waals surface area contributed by atoms with Crippen LogP contribution in [0.4, 0.5) is 0 Å². The first-order chi connectivity index (χ1) is 24.8. The number of pyridine rings is 1. The Labute approximate surface area is 300 Å². The van der Waals surface area contributed by atoms with Gasteiger partial charge in [0.05, 0.1) is 5.69 Å². The maximum absolute atomic E-state index is 4.59. The lowest BCUT2D eigenvalue weighted by atomic mass is 9.81. The molecular formula is C49H40N2. The number of allylic oxidation sites excluding steroid dienone is 2. The third-order valence-electron chi connectivity index (χ3n) is 10.6. The molecule has 0 saturated carbocycles. The van der Waals surface area contributed by atoms with Crippen molar-refractivity contribution in [3.63, 3.8) is 0 Å². The summed E-state index contributed by atoms with van der Waals surface area (Å²) in [5.41, 5.74) is 13.4. The molecule has 1 aliphatic heterocycles. The zero-order valence-electron chi connectivity index (χ0n) is 29.6. The lowest BCUT2D eigenvalue weighted by Crippen LogP contribution is -2.13. The Kier molecular flexibility index (Phi) is 7.36. The predicted molar refractivity (Wildman–Crippen MR) is 218 cm³/mol. The fourth-order valence-corrected chi connectivity index (χ4v) is 7.67. The molecule has 0 bridgehead atoms. The van der Waals surface area contributed by atoms with Crippen LogP contribution in [0.2, 0.25) is 0 Å². The molecule has 0 saturated heterocycles. The first-order valence-electron chi connectivity index (χ1n) is 17.9. The minimum absolute atomic E-state index is 0.0689. The van der Waals surface area contributed by atoms with Gasteiger partial charge in [0.1, 0.15) is 0 Å². The number of nitrogens with zero attached hydrogens (tertiary/aromatic N) is 2. The fraction of sp³-hybridized carbons (Fsp3) is 0.122. The van der Waals surface area contributed by atoms with Gasteiger partial charge in [-0.05, 0) is 118 Å². The molecule has 0 radical (unpaired) electrons. The van der Waals surface area contributed by atoms with Crippen molar-refractivity contribution in [3.05, 3.63) is 169 Å². The molecule has 0 fully saturated rings. The lowest BCUT2D eigenvalue weighted by Gasteiger charge is -2.23. The largest absolute Gasteiger partial charge is 0.377 e. The highest BCUT2D eigenvalue weighted by Crippen LogP contribution is 2.45. The second-order valence-corrected chi connectivity index (χ2v) is 15.0. The van der Waals surface area contributed by atoms with Gasteiger partial charge in [-0.3, -0.25) is 4.98 Å². The van der Waals surface area contributed by atoms with Gasteiger partial charge in [-0.2, -0.15) is 0 Å². The molecule has 246 valence electrons. The highest BCUT2D eigenvalue weighted by molar-refractivity contribution is 6.28. The number of likely N-dealkylation sites (N-methyl/N-ethyl adjacent to an activating group) is 1. The predicted octanol–water partition coefficient (Wildman–Crippen LogP) is 12.8. The van der Waals surface area contributed by atoms with E-state index < -0.39 is 0 Å². The molecule has 0 aliphatic carbocycles. The van der Waals surface area contributed by atoms with Crippen molar-refractivity contribution in [3.8, 4) is 44.6 Å². The van der Waals surface area contributed by atoms with E-state index in [0.717, 1.165) is 17.8 Å². The highest BCUT2D eigenvalue weighted by atomic mass is 15.1. The van der Waals surface area contributed by atoms with Gasteiger partial charge in [0, 0.05) is 25.4 Å². The van der Waals surface area contributed by atoms with Gasteiger partial charge in [0.25, 0.3) is 0 Å². The fourth-order valence-electron chi connectivity index (χ4n) is 7.67. The molecule has 7 aromatic carbocycles. The summed E-state index contributed by atoms with van der Waals surface area (Å²) in [6.07, 6.45) is 8.48. The van der Waals surface area contributed by atoms with Crippen molar-refractivity contribution in [1.82, 2.24) is 9.88 Å². The van der Waals surface area contributed by atoms with Crippen LogP contribution in [0.3, 0.4) is 0 Å². The molecule has 2 heterocycles. The normalized spacial score (nSPS) is 13.4. The topological polar surface area (TPSA) is 16.1 Å². The average Bonchev–Trinajstić information content (AvgIpc) is 3.17. The first kappa shape index (κ1) is 31.0. The van der Waals surface area contributed by atoms with Crippen molar-refractivity contribution >= 4 is 37.9 Å². The number of benzene rings is 7. The summed E-state index contributed by atoms with van der Waals surface area (Å²) in [6, 6.07) is 49.6. The molecule has 1 aliphatic rings. The van der Waals surface area contributed by atoms with Gasteiger partial charge in [-0.25, -0.2) is 0 Å². The lowest BCUT2D eigenvalue weighted by molar-refractivity contribution is 0.506. The zero-order chi connectivity index (χ0) is 34.7. The minimum atomic E-state index is 0.0689. The monoisotopic (exact) mass is 656 g/mol. The van der Waals surface area contributed by atoms with Gasteiger partial charge >= 0.3 is 0 Å². The summed E-state index contributed by atoms with van der Waals surface area (Å²) in [5, 5.41) is 7.86. The molecule has 0 N–H and O–H groups in total.